The highest BCUT2D eigenvalue weighted by Crippen LogP contribution is 2.55. The minimum absolute atomic E-state index is 0.0861. The molecule has 0 aromatic heterocycles. The van der Waals surface area contributed by atoms with Crippen molar-refractivity contribution in [2.75, 3.05) is 13.1 Å². The van der Waals surface area contributed by atoms with Gasteiger partial charge in [0.1, 0.15) is 0 Å². The molecule has 0 spiro atoms. The lowest BCUT2D eigenvalue weighted by Gasteiger charge is -2.56. The molecule has 1 aliphatic heterocycles. The van der Waals surface area contributed by atoms with Gasteiger partial charge in [0.2, 0.25) is 11.8 Å². The molecule has 1 saturated heterocycles. The predicted octanol–water partition coefficient (Wildman–Crippen LogP) is 3.33. The summed E-state index contributed by atoms with van der Waals surface area (Å²) in [6.45, 7) is 3.41. The van der Waals surface area contributed by atoms with Crippen LogP contribution in [0.25, 0.3) is 0 Å². The Bertz CT molecular complexity index is 719. The summed E-state index contributed by atoms with van der Waals surface area (Å²) in [6.07, 6.45) is 14.6. The zero-order valence-electron chi connectivity index (χ0n) is 20.2. The zero-order valence-corrected chi connectivity index (χ0v) is 20.2. The van der Waals surface area contributed by atoms with Crippen LogP contribution >= 0.6 is 0 Å². The highest BCUT2D eigenvalue weighted by molar-refractivity contribution is 5.97. The van der Waals surface area contributed by atoms with E-state index >= 15 is 0 Å². The van der Waals surface area contributed by atoms with E-state index in [1.54, 1.807) is 0 Å². The molecule has 3 N–H and O–H groups in total. The van der Waals surface area contributed by atoms with Crippen LogP contribution in [0.5, 0.6) is 0 Å². The molecule has 6 aliphatic rings. The molecular formula is C26H42N4O3. The van der Waals surface area contributed by atoms with E-state index in [0.717, 1.165) is 75.8 Å². The van der Waals surface area contributed by atoms with E-state index in [1.165, 1.54) is 38.5 Å². The van der Waals surface area contributed by atoms with Crippen LogP contribution in [0.1, 0.15) is 90.4 Å². The Morgan fingerprint density at radius 1 is 0.848 bits per heavy atom. The van der Waals surface area contributed by atoms with E-state index in [-0.39, 0.29) is 41.4 Å². The van der Waals surface area contributed by atoms with Crippen molar-refractivity contribution in [3.05, 3.63) is 0 Å². The maximum atomic E-state index is 12.8. The fourth-order valence-electron chi connectivity index (χ4n) is 8.03. The molecule has 1 unspecified atom stereocenters. The number of rotatable bonds is 5. The number of piperidine rings is 1. The summed E-state index contributed by atoms with van der Waals surface area (Å²) in [7, 11) is 0. The van der Waals surface area contributed by atoms with E-state index in [9.17, 15) is 14.4 Å². The summed E-state index contributed by atoms with van der Waals surface area (Å²) in [5, 5.41) is 9.13. The second kappa shape index (κ2) is 9.55. The lowest BCUT2D eigenvalue weighted by molar-refractivity contribution is -0.128. The fraction of sp³-hybridized carbons (Fsp3) is 0.885. The second-order valence-corrected chi connectivity index (χ2v) is 12.0. The van der Waals surface area contributed by atoms with Crippen LogP contribution in [0.3, 0.4) is 0 Å². The van der Waals surface area contributed by atoms with Gasteiger partial charge in [-0.3, -0.25) is 19.8 Å². The third kappa shape index (κ3) is 5.23. The van der Waals surface area contributed by atoms with Crippen LogP contribution in [0.15, 0.2) is 0 Å². The van der Waals surface area contributed by atoms with Gasteiger partial charge in [0.15, 0.2) is 0 Å². The number of amides is 4. The topological polar surface area (TPSA) is 90.5 Å². The molecule has 0 radical (unpaired) electrons. The van der Waals surface area contributed by atoms with Gasteiger partial charge in [-0.2, -0.15) is 0 Å². The first-order chi connectivity index (χ1) is 15.9. The SMILES string of the molecule is CC(C(=O)NC(=O)NC12CC3CC(CC(C3)C1)C2)N1CCC(NC(=O)C2CCCCC2)CC1. The Labute approximate surface area is 198 Å². The number of imide groups is 1. The largest absolute Gasteiger partial charge is 0.353 e. The predicted molar refractivity (Wildman–Crippen MR) is 126 cm³/mol. The van der Waals surface area contributed by atoms with Gasteiger partial charge in [0.25, 0.3) is 0 Å². The second-order valence-electron chi connectivity index (χ2n) is 12.0. The Hall–Kier alpha value is -1.63. The number of carbonyl (C=O) groups excluding carboxylic acids is 3. The summed E-state index contributed by atoms with van der Waals surface area (Å²) in [5.74, 6) is 2.46. The molecule has 33 heavy (non-hydrogen) atoms. The molecule has 6 rings (SSSR count). The van der Waals surface area contributed by atoms with Gasteiger partial charge in [-0.05, 0) is 88.9 Å². The quantitative estimate of drug-likeness (QED) is 0.589. The minimum atomic E-state index is -0.345. The number of hydrogen-bond acceptors (Lipinski definition) is 4. The van der Waals surface area contributed by atoms with Gasteiger partial charge in [-0.25, -0.2) is 4.79 Å². The van der Waals surface area contributed by atoms with Crippen molar-refractivity contribution in [2.45, 2.75) is 108 Å². The normalized spacial score (nSPS) is 35.7. The Morgan fingerprint density at radius 2 is 1.42 bits per heavy atom. The van der Waals surface area contributed by atoms with E-state index in [1.807, 2.05) is 6.92 Å². The van der Waals surface area contributed by atoms with Crippen LogP contribution < -0.4 is 16.0 Å². The maximum Gasteiger partial charge on any atom is 0.321 e. The van der Waals surface area contributed by atoms with Gasteiger partial charge < -0.3 is 10.6 Å². The number of carbonyl (C=O) groups is 3. The Balaban J connectivity index is 1.05. The highest BCUT2D eigenvalue weighted by atomic mass is 16.2. The molecule has 7 heteroatoms. The fourth-order valence-corrected chi connectivity index (χ4v) is 8.03. The van der Waals surface area contributed by atoms with Crippen molar-refractivity contribution in [3.8, 4) is 0 Å². The van der Waals surface area contributed by atoms with Crippen LogP contribution in [-0.4, -0.2) is 53.5 Å². The Morgan fingerprint density at radius 3 is 2.00 bits per heavy atom. The monoisotopic (exact) mass is 458 g/mol. The smallest absolute Gasteiger partial charge is 0.321 e. The van der Waals surface area contributed by atoms with Crippen molar-refractivity contribution < 1.29 is 14.4 Å². The summed E-state index contributed by atoms with van der Waals surface area (Å²) < 4.78 is 0. The molecule has 0 aromatic carbocycles. The van der Waals surface area contributed by atoms with Crippen molar-refractivity contribution in [1.82, 2.24) is 20.9 Å². The van der Waals surface area contributed by atoms with Crippen LogP contribution in [0, 0.1) is 23.7 Å². The molecule has 7 nitrogen and oxygen atoms in total. The van der Waals surface area contributed by atoms with Crippen molar-refractivity contribution >= 4 is 17.8 Å². The molecule has 5 saturated carbocycles. The van der Waals surface area contributed by atoms with Gasteiger partial charge in [0, 0.05) is 30.6 Å². The van der Waals surface area contributed by atoms with Crippen LogP contribution in [0.2, 0.25) is 0 Å². The standard InChI is InChI=1S/C26H42N4O3/c1-17(30-9-7-22(8-10-30)27-24(32)21-5-3-2-4-6-21)23(31)28-25(33)29-26-14-18-11-19(15-26)13-20(12-18)16-26/h17-22H,2-16H2,1H3,(H,27,32)(H2,28,29,31,33). The van der Waals surface area contributed by atoms with Crippen LogP contribution in [-0.2, 0) is 9.59 Å². The van der Waals surface area contributed by atoms with E-state index < -0.39 is 0 Å². The first-order valence-electron chi connectivity index (χ1n) is 13.6. The average Bonchev–Trinajstić information content (AvgIpc) is 2.78. The number of urea groups is 1. The molecule has 5 aliphatic carbocycles. The van der Waals surface area contributed by atoms with E-state index in [0.29, 0.717) is 0 Å². The third-order valence-electron chi connectivity index (χ3n) is 9.43. The third-order valence-corrected chi connectivity index (χ3v) is 9.43. The maximum absolute atomic E-state index is 12.8. The average molecular weight is 459 g/mol. The summed E-state index contributed by atoms with van der Waals surface area (Å²) in [6, 6.07) is -0.462. The lowest BCUT2D eigenvalue weighted by Crippen LogP contribution is -2.62. The summed E-state index contributed by atoms with van der Waals surface area (Å²) in [5.41, 5.74) is -0.0861. The van der Waals surface area contributed by atoms with Crippen LogP contribution in [0.4, 0.5) is 4.79 Å². The lowest BCUT2D eigenvalue weighted by atomic mass is 9.53. The highest BCUT2D eigenvalue weighted by Gasteiger charge is 2.51. The molecule has 1 heterocycles. The van der Waals surface area contributed by atoms with Crippen molar-refractivity contribution in [3.63, 3.8) is 0 Å². The van der Waals surface area contributed by atoms with Crippen molar-refractivity contribution in [1.29, 1.82) is 0 Å². The first kappa shape index (κ1) is 23.1. The molecule has 0 aromatic rings. The van der Waals surface area contributed by atoms with E-state index in [2.05, 4.69) is 20.9 Å². The van der Waals surface area contributed by atoms with Gasteiger partial charge in [0.05, 0.1) is 6.04 Å². The molecule has 4 amide bonds. The minimum Gasteiger partial charge on any atom is -0.353 e. The molecule has 4 bridgehead atoms. The number of hydrogen-bond donors (Lipinski definition) is 3. The molecule has 1 atom stereocenters. The van der Waals surface area contributed by atoms with Crippen molar-refractivity contribution in [2.24, 2.45) is 23.7 Å². The van der Waals surface area contributed by atoms with Gasteiger partial charge in [-0.1, -0.05) is 19.3 Å². The van der Waals surface area contributed by atoms with Gasteiger partial charge >= 0.3 is 6.03 Å². The number of likely N-dealkylation sites (tertiary alicyclic amines) is 1. The zero-order chi connectivity index (χ0) is 23.0. The summed E-state index contributed by atoms with van der Waals surface area (Å²) >= 11 is 0. The molecular weight excluding hydrogens is 416 g/mol. The van der Waals surface area contributed by atoms with Gasteiger partial charge in [-0.15, -0.1) is 0 Å². The summed E-state index contributed by atoms with van der Waals surface area (Å²) in [4.78, 5) is 40.2. The Kier molecular flexibility index (Phi) is 6.69. The molecule has 184 valence electrons. The number of nitrogens with one attached hydrogen (secondary N) is 3. The van der Waals surface area contributed by atoms with E-state index in [4.69, 9.17) is 0 Å². The number of nitrogens with zero attached hydrogens (tertiary/aromatic N) is 1. The molecule has 6 fully saturated rings. The first-order valence-corrected chi connectivity index (χ1v) is 13.6.